The van der Waals surface area contributed by atoms with Crippen molar-refractivity contribution in [1.29, 1.82) is 0 Å². The van der Waals surface area contributed by atoms with Crippen LogP contribution in [0, 0.1) is 18.7 Å². The number of piperidine rings is 1. The zero-order chi connectivity index (χ0) is 18.8. The molecule has 0 aliphatic carbocycles. The zero-order valence-corrected chi connectivity index (χ0v) is 15.5. The van der Waals surface area contributed by atoms with E-state index < -0.39 is 0 Å². The van der Waals surface area contributed by atoms with E-state index in [-0.39, 0.29) is 11.7 Å². The third-order valence-corrected chi connectivity index (χ3v) is 5.42. The number of aromatic amines is 1. The van der Waals surface area contributed by atoms with Crippen molar-refractivity contribution in [2.24, 2.45) is 5.92 Å². The predicted octanol–water partition coefficient (Wildman–Crippen LogP) is 4.50. The molecule has 1 aliphatic heterocycles. The van der Waals surface area contributed by atoms with Gasteiger partial charge in [-0.15, -0.1) is 0 Å². The van der Waals surface area contributed by atoms with E-state index in [1.54, 1.807) is 0 Å². The number of likely N-dealkylation sites (tertiary alicyclic amines) is 1. The minimum Gasteiger partial charge on any atom is -0.342 e. The number of rotatable bonds is 4. The summed E-state index contributed by atoms with van der Waals surface area (Å²) in [6.45, 7) is 3.48. The van der Waals surface area contributed by atoms with Gasteiger partial charge in [0.25, 0.3) is 5.91 Å². The van der Waals surface area contributed by atoms with Gasteiger partial charge in [0.1, 0.15) is 17.2 Å². The summed E-state index contributed by atoms with van der Waals surface area (Å²) in [5, 5.41) is 0. The van der Waals surface area contributed by atoms with Gasteiger partial charge < -0.3 is 9.88 Å². The van der Waals surface area contributed by atoms with Crippen molar-refractivity contribution >= 4 is 16.9 Å². The third-order valence-electron chi connectivity index (χ3n) is 5.42. The average molecular weight is 365 g/mol. The molecule has 2 aromatic carbocycles. The van der Waals surface area contributed by atoms with Crippen molar-refractivity contribution in [3.63, 3.8) is 0 Å². The molecule has 0 radical (unpaired) electrons. The quantitative estimate of drug-likeness (QED) is 0.740. The Morgan fingerprint density at radius 3 is 2.89 bits per heavy atom. The highest BCUT2D eigenvalue weighted by molar-refractivity contribution is 6.04. The van der Waals surface area contributed by atoms with E-state index in [0.717, 1.165) is 61.2 Å². The number of benzene rings is 2. The molecule has 1 aliphatic rings. The van der Waals surface area contributed by atoms with Crippen molar-refractivity contribution in [1.82, 2.24) is 14.9 Å². The topological polar surface area (TPSA) is 49.0 Å². The normalized spacial score (nSPS) is 17.4. The molecule has 0 bridgehead atoms. The van der Waals surface area contributed by atoms with Crippen molar-refractivity contribution in [3.8, 4) is 0 Å². The highest BCUT2D eigenvalue weighted by Crippen LogP contribution is 2.25. The first-order chi connectivity index (χ1) is 13.1. The van der Waals surface area contributed by atoms with Gasteiger partial charge in [0.2, 0.25) is 0 Å². The van der Waals surface area contributed by atoms with Crippen LogP contribution in [0.4, 0.5) is 4.39 Å². The van der Waals surface area contributed by atoms with E-state index in [9.17, 15) is 9.18 Å². The molecule has 1 atom stereocenters. The van der Waals surface area contributed by atoms with Gasteiger partial charge in [0, 0.05) is 13.1 Å². The van der Waals surface area contributed by atoms with Crippen LogP contribution in [0.15, 0.2) is 42.5 Å². The number of H-pyrrole nitrogens is 1. The number of aromatic nitrogens is 2. The summed E-state index contributed by atoms with van der Waals surface area (Å²) in [6.07, 6.45) is 4.09. The number of amides is 1. The van der Waals surface area contributed by atoms with Gasteiger partial charge in [0.05, 0.1) is 11.1 Å². The van der Waals surface area contributed by atoms with Crippen LogP contribution < -0.4 is 0 Å². The second kappa shape index (κ2) is 7.51. The van der Waals surface area contributed by atoms with Crippen LogP contribution in [0.25, 0.3) is 11.0 Å². The maximum absolute atomic E-state index is 13.1. The maximum Gasteiger partial charge on any atom is 0.256 e. The maximum atomic E-state index is 13.1. The summed E-state index contributed by atoms with van der Waals surface area (Å²) in [6, 6.07) is 12.4. The Morgan fingerprint density at radius 2 is 2.07 bits per heavy atom. The molecule has 4 rings (SSSR count). The number of nitrogens with zero attached hydrogens (tertiary/aromatic N) is 2. The molecule has 5 heteroatoms. The molecule has 1 amide bonds. The first-order valence-electron chi connectivity index (χ1n) is 9.59. The van der Waals surface area contributed by atoms with Gasteiger partial charge in [-0.3, -0.25) is 4.79 Å². The molecule has 2 heterocycles. The van der Waals surface area contributed by atoms with Crippen LogP contribution in [-0.4, -0.2) is 33.9 Å². The Balaban J connectivity index is 1.44. The number of nitrogens with one attached hydrogen (secondary N) is 1. The Kier molecular flexibility index (Phi) is 4.92. The lowest BCUT2D eigenvalue weighted by atomic mass is 9.91. The molecular formula is C22H24FN3O. The van der Waals surface area contributed by atoms with Crippen LogP contribution in [0.3, 0.4) is 0 Å². The number of halogens is 1. The zero-order valence-electron chi connectivity index (χ0n) is 15.5. The Morgan fingerprint density at radius 1 is 1.26 bits per heavy atom. The second-order valence-electron chi connectivity index (χ2n) is 7.45. The molecule has 1 fully saturated rings. The summed E-state index contributed by atoms with van der Waals surface area (Å²) in [5.41, 5.74) is 3.49. The predicted molar refractivity (Wildman–Crippen MR) is 104 cm³/mol. The highest BCUT2D eigenvalue weighted by Gasteiger charge is 2.26. The molecule has 27 heavy (non-hydrogen) atoms. The van der Waals surface area contributed by atoms with Gasteiger partial charge in [0.15, 0.2) is 0 Å². The number of fused-ring (bicyclic) bond motifs is 1. The number of aryl methyl sites for hydroxylation is 2. The molecule has 140 valence electrons. The Labute approximate surface area is 158 Å². The lowest BCUT2D eigenvalue weighted by Crippen LogP contribution is -2.40. The van der Waals surface area contributed by atoms with Crippen LogP contribution in [0.1, 0.15) is 41.0 Å². The fourth-order valence-electron chi connectivity index (χ4n) is 4.01. The number of carbonyl (C=O) groups is 1. The lowest BCUT2D eigenvalue weighted by molar-refractivity contribution is 0.0670. The fraction of sp³-hybridized carbons (Fsp3) is 0.364. The standard InChI is InChI=1S/C22H24FN3O/c1-15-24-20-6-2-5-19(21(20)25-15)22(27)26-13-3-4-17(14-26)8-7-16-9-11-18(23)12-10-16/h2,5-6,9-12,17H,3-4,7-8,13-14H2,1H3,(H,24,25)/t17-/m0/s1. The highest BCUT2D eigenvalue weighted by atomic mass is 19.1. The fourth-order valence-corrected chi connectivity index (χ4v) is 4.01. The van der Waals surface area contributed by atoms with E-state index >= 15 is 0 Å². The monoisotopic (exact) mass is 365 g/mol. The van der Waals surface area contributed by atoms with E-state index in [0.29, 0.717) is 11.5 Å². The molecule has 0 spiro atoms. The van der Waals surface area contributed by atoms with Gasteiger partial charge >= 0.3 is 0 Å². The molecule has 0 unspecified atom stereocenters. The molecule has 4 nitrogen and oxygen atoms in total. The summed E-state index contributed by atoms with van der Waals surface area (Å²) in [5.74, 6) is 1.17. The number of para-hydroxylation sites is 1. The van der Waals surface area contributed by atoms with E-state index in [4.69, 9.17) is 0 Å². The number of carbonyl (C=O) groups excluding carboxylic acids is 1. The minimum atomic E-state index is -0.198. The molecule has 1 saturated heterocycles. The molecule has 1 N–H and O–H groups in total. The van der Waals surface area contributed by atoms with Crippen molar-refractivity contribution < 1.29 is 9.18 Å². The van der Waals surface area contributed by atoms with Crippen molar-refractivity contribution in [3.05, 3.63) is 65.2 Å². The Hall–Kier alpha value is -2.69. The summed E-state index contributed by atoms with van der Waals surface area (Å²) in [7, 11) is 0. The molecule has 3 aromatic rings. The van der Waals surface area contributed by atoms with Crippen LogP contribution >= 0.6 is 0 Å². The average Bonchev–Trinajstić information content (AvgIpc) is 3.07. The first kappa shape index (κ1) is 17.7. The minimum absolute atomic E-state index is 0.0681. The van der Waals surface area contributed by atoms with Crippen LogP contribution in [0.5, 0.6) is 0 Å². The van der Waals surface area contributed by atoms with Gasteiger partial charge in [-0.1, -0.05) is 18.2 Å². The van der Waals surface area contributed by atoms with E-state index in [2.05, 4.69) is 9.97 Å². The van der Waals surface area contributed by atoms with Crippen molar-refractivity contribution in [2.45, 2.75) is 32.6 Å². The number of hydrogen-bond acceptors (Lipinski definition) is 2. The van der Waals surface area contributed by atoms with Gasteiger partial charge in [-0.25, -0.2) is 9.37 Å². The van der Waals surface area contributed by atoms with E-state index in [1.165, 1.54) is 12.1 Å². The molecular weight excluding hydrogens is 341 g/mol. The van der Waals surface area contributed by atoms with Gasteiger partial charge in [-0.05, 0) is 68.4 Å². The van der Waals surface area contributed by atoms with E-state index in [1.807, 2.05) is 42.2 Å². The second-order valence-corrected chi connectivity index (χ2v) is 7.45. The molecule has 1 aromatic heterocycles. The number of imidazole rings is 1. The molecule has 0 saturated carbocycles. The summed E-state index contributed by atoms with van der Waals surface area (Å²) < 4.78 is 13.0. The van der Waals surface area contributed by atoms with Crippen LogP contribution in [0.2, 0.25) is 0 Å². The largest absolute Gasteiger partial charge is 0.342 e. The van der Waals surface area contributed by atoms with Crippen molar-refractivity contribution in [2.75, 3.05) is 13.1 Å². The van der Waals surface area contributed by atoms with Gasteiger partial charge in [-0.2, -0.15) is 0 Å². The summed E-state index contributed by atoms with van der Waals surface area (Å²) >= 11 is 0. The SMILES string of the molecule is Cc1nc2c(C(=O)N3CCC[C@@H](CCc4ccc(F)cc4)C3)cccc2[nH]1. The lowest BCUT2D eigenvalue weighted by Gasteiger charge is -2.33. The smallest absolute Gasteiger partial charge is 0.256 e. The third kappa shape index (κ3) is 3.87. The first-order valence-corrected chi connectivity index (χ1v) is 9.59. The number of hydrogen-bond donors (Lipinski definition) is 1. The van der Waals surface area contributed by atoms with Crippen LogP contribution in [-0.2, 0) is 6.42 Å². The summed E-state index contributed by atoms with van der Waals surface area (Å²) in [4.78, 5) is 22.8. The Bertz CT molecular complexity index is 948.